The van der Waals surface area contributed by atoms with Crippen molar-refractivity contribution in [1.82, 2.24) is 29.7 Å². The van der Waals surface area contributed by atoms with Gasteiger partial charge in [0.05, 0.1) is 42.5 Å². The number of pyridine rings is 2. The lowest BCUT2D eigenvalue weighted by Crippen LogP contribution is -2.50. The highest BCUT2D eigenvalue weighted by Crippen LogP contribution is 2.50. The van der Waals surface area contributed by atoms with Gasteiger partial charge in [-0.3, -0.25) is 14.7 Å². The van der Waals surface area contributed by atoms with Crippen LogP contribution in [0, 0.1) is 11.7 Å². The van der Waals surface area contributed by atoms with Gasteiger partial charge in [0.15, 0.2) is 11.5 Å². The maximum absolute atomic E-state index is 14.4. The lowest BCUT2D eigenvalue weighted by molar-refractivity contribution is -0.122. The number of nitrogens with zero attached hydrogens (tertiary/aromatic N) is 5. The first-order valence-corrected chi connectivity index (χ1v) is 12.8. The maximum Gasteiger partial charge on any atom is 0.274 e. The van der Waals surface area contributed by atoms with E-state index in [1.165, 1.54) is 19.2 Å². The lowest BCUT2D eigenvalue weighted by Gasteiger charge is -2.39. The van der Waals surface area contributed by atoms with Crippen LogP contribution in [-0.4, -0.2) is 65.8 Å². The zero-order valence-corrected chi connectivity index (χ0v) is 21.5. The molecule has 6 rings (SSSR count). The highest BCUT2D eigenvalue weighted by Gasteiger charge is 2.54. The Hall–Kier alpha value is -4.32. The monoisotopic (exact) mass is 533 g/mol. The molecule has 1 saturated heterocycles. The number of ether oxygens (including phenoxy) is 1. The summed E-state index contributed by atoms with van der Waals surface area (Å²) in [5.74, 6) is -0.909. The third-order valence-electron chi connectivity index (χ3n) is 7.75. The Morgan fingerprint density at radius 2 is 2.10 bits per heavy atom. The van der Waals surface area contributed by atoms with Crippen molar-refractivity contribution in [3.05, 3.63) is 59.9 Å². The average Bonchev–Trinajstić information content (AvgIpc) is 3.34. The molecule has 1 unspecified atom stereocenters. The Bertz CT molecular complexity index is 1580. The molecule has 1 aliphatic carbocycles. The van der Waals surface area contributed by atoms with Gasteiger partial charge in [0.2, 0.25) is 11.8 Å². The van der Waals surface area contributed by atoms with Crippen LogP contribution in [0.25, 0.3) is 16.8 Å². The van der Waals surface area contributed by atoms with Crippen molar-refractivity contribution in [2.24, 2.45) is 5.92 Å². The number of aliphatic hydroxyl groups excluding tert-OH is 1. The highest BCUT2D eigenvalue weighted by molar-refractivity contribution is 5.97. The fraction of sp³-hybridized carbons (Fsp3) is 0.370. The van der Waals surface area contributed by atoms with Crippen molar-refractivity contribution in [2.75, 3.05) is 19.0 Å². The van der Waals surface area contributed by atoms with Crippen LogP contribution in [0.15, 0.2) is 42.9 Å². The van der Waals surface area contributed by atoms with Crippen molar-refractivity contribution in [3.8, 4) is 17.1 Å². The summed E-state index contributed by atoms with van der Waals surface area (Å²) in [6.07, 6.45) is 6.48. The summed E-state index contributed by atoms with van der Waals surface area (Å²) in [5, 5.41) is 24.0. The summed E-state index contributed by atoms with van der Waals surface area (Å²) in [5.41, 5.74) is 2.44. The molecule has 11 nitrogen and oxygen atoms in total. The van der Waals surface area contributed by atoms with Gasteiger partial charge in [-0.15, -0.1) is 0 Å². The Morgan fingerprint density at radius 3 is 2.85 bits per heavy atom. The number of carbonyl (C=O) groups is 2. The van der Waals surface area contributed by atoms with E-state index in [1.807, 2.05) is 11.0 Å². The molecule has 4 aromatic heterocycles. The predicted molar refractivity (Wildman–Crippen MR) is 139 cm³/mol. The van der Waals surface area contributed by atoms with Gasteiger partial charge < -0.3 is 20.1 Å². The fourth-order valence-electron chi connectivity index (χ4n) is 5.38. The van der Waals surface area contributed by atoms with Crippen LogP contribution in [0.4, 0.5) is 10.1 Å². The van der Waals surface area contributed by atoms with E-state index >= 15 is 0 Å². The summed E-state index contributed by atoms with van der Waals surface area (Å²) in [4.78, 5) is 32.3. The third-order valence-corrected chi connectivity index (χ3v) is 7.75. The van der Waals surface area contributed by atoms with Crippen LogP contribution < -0.4 is 10.1 Å². The number of rotatable bonds is 6. The second-order valence-electron chi connectivity index (χ2n) is 10.3. The smallest absolute Gasteiger partial charge is 0.274 e. The van der Waals surface area contributed by atoms with Gasteiger partial charge in [-0.05, 0) is 50.3 Å². The van der Waals surface area contributed by atoms with Gasteiger partial charge in [-0.25, -0.2) is 13.9 Å². The van der Waals surface area contributed by atoms with E-state index in [-0.39, 0.29) is 40.4 Å². The molecule has 12 heteroatoms. The van der Waals surface area contributed by atoms with Crippen molar-refractivity contribution in [2.45, 2.75) is 44.2 Å². The molecule has 0 radical (unpaired) electrons. The van der Waals surface area contributed by atoms with Crippen molar-refractivity contribution < 1.29 is 23.8 Å². The minimum absolute atomic E-state index is 0.105. The first-order valence-electron chi connectivity index (χ1n) is 12.8. The van der Waals surface area contributed by atoms with Gasteiger partial charge in [0, 0.05) is 35.8 Å². The van der Waals surface area contributed by atoms with Gasteiger partial charge in [-0.2, -0.15) is 10.2 Å². The molecule has 2 aliphatic rings. The standard InChI is InChI=1S/C27H28FN7O4/c1-15(36)17-3-4-23-22(13-30-35(23)14-17)31-25(37)16-5-8-34(27(11-16)6-7-27)26(38)21-10-20(32-33-21)18-9-24(39-2)29-12-19(18)28/h3-4,9-10,12-16,36H,5-8,11H2,1-2H3,(H,31,37)(H,32,33)/t15?,16-/m0/s1. The van der Waals surface area contributed by atoms with Crippen LogP contribution in [0.2, 0.25) is 0 Å². The number of aromatic amines is 1. The molecule has 4 aromatic rings. The molecule has 2 amide bonds. The number of nitrogens with one attached hydrogen (secondary N) is 2. The summed E-state index contributed by atoms with van der Waals surface area (Å²) < 4.78 is 21.1. The van der Waals surface area contributed by atoms with E-state index in [0.717, 1.165) is 30.1 Å². The first-order chi connectivity index (χ1) is 18.8. The predicted octanol–water partition coefficient (Wildman–Crippen LogP) is 3.34. The lowest BCUT2D eigenvalue weighted by atomic mass is 9.88. The molecular formula is C27H28FN7O4. The molecule has 39 heavy (non-hydrogen) atoms. The Balaban J connectivity index is 1.15. The normalized spacial score (nSPS) is 18.8. The second-order valence-corrected chi connectivity index (χ2v) is 10.3. The topological polar surface area (TPSA) is 138 Å². The number of carbonyl (C=O) groups excluding carboxylic acids is 2. The van der Waals surface area contributed by atoms with Crippen LogP contribution >= 0.6 is 0 Å². The number of likely N-dealkylation sites (tertiary alicyclic amines) is 1. The van der Waals surface area contributed by atoms with Crippen LogP contribution in [0.1, 0.15) is 54.8 Å². The molecule has 0 bridgehead atoms. The van der Waals surface area contributed by atoms with Crippen molar-refractivity contribution in [3.63, 3.8) is 0 Å². The Kier molecular flexibility index (Phi) is 6.06. The number of fused-ring (bicyclic) bond motifs is 1. The molecule has 1 spiro atoms. The van der Waals surface area contributed by atoms with E-state index in [2.05, 4.69) is 25.6 Å². The fourth-order valence-corrected chi connectivity index (χ4v) is 5.38. The largest absolute Gasteiger partial charge is 0.481 e. The van der Waals surface area contributed by atoms with Gasteiger partial charge in [0.25, 0.3) is 5.91 Å². The summed E-state index contributed by atoms with van der Waals surface area (Å²) in [6, 6.07) is 6.60. The van der Waals surface area contributed by atoms with Crippen LogP contribution in [-0.2, 0) is 4.79 Å². The van der Waals surface area contributed by atoms with Crippen LogP contribution in [0.5, 0.6) is 5.88 Å². The van der Waals surface area contributed by atoms with Gasteiger partial charge >= 0.3 is 0 Å². The molecule has 1 saturated carbocycles. The van der Waals surface area contributed by atoms with E-state index in [1.54, 1.807) is 29.9 Å². The number of aliphatic hydroxyl groups is 1. The van der Waals surface area contributed by atoms with Gasteiger partial charge in [0.1, 0.15) is 0 Å². The molecular weight excluding hydrogens is 505 g/mol. The van der Waals surface area contributed by atoms with E-state index < -0.39 is 11.9 Å². The number of methoxy groups -OCH3 is 1. The van der Waals surface area contributed by atoms with E-state index in [4.69, 9.17) is 4.74 Å². The molecule has 2 atom stereocenters. The Morgan fingerprint density at radius 1 is 1.28 bits per heavy atom. The van der Waals surface area contributed by atoms with E-state index in [0.29, 0.717) is 30.8 Å². The number of halogens is 1. The second kappa shape index (κ2) is 9.45. The average molecular weight is 534 g/mol. The molecule has 3 N–H and O–H groups in total. The maximum atomic E-state index is 14.4. The Labute approximate surface area is 223 Å². The number of aromatic nitrogens is 5. The molecule has 5 heterocycles. The first kappa shape index (κ1) is 25.0. The zero-order valence-electron chi connectivity index (χ0n) is 21.5. The summed E-state index contributed by atoms with van der Waals surface area (Å²) in [7, 11) is 1.44. The SMILES string of the molecule is COc1cc(-c2cc(C(=O)N3CC[C@H](C(=O)Nc4cnn5cc(C(C)O)ccc45)CC34CC4)n[nH]2)c(F)cn1. The molecule has 1 aliphatic heterocycles. The number of amides is 2. The summed E-state index contributed by atoms with van der Waals surface area (Å²) in [6.45, 7) is 2.10. The molecule has 0 aromatic carbocycles. The minimum Gasteiger partial charge on any atom is -0.481 e. The number of piperidine rings is 1. The number of hydrogen-bond acceptors (Lipinski definition) is 7. The van der Waals surface area contributed by atoms with Gasteiger partial charge in [-0.1, -0.05) is 6.07 Å². The minimum atomic E-state index is -0.618. The zero-order chi connectivity index (χ0) is 27.3. The number of hydrogen-bond donors (Lipinski definition) is 3. The van der Waals surface area contributed by atoms with Crippen molar-refractivity contribution in [1.29, 1.82) is 0 Å². The molecule has 2 fully saturated rings. The number of anilines is 1. The quantitative estimate of drug-likeness (QED) is 0.346. The van der Waals surface area contributed by atoms with Crippen molar-refractivity contribution >= 4 is 23.0 Å². The number of H-pyrrole nitrogens is 1. The van der Waals surface area contributed by atoms with E-state index in [9.17, 15) is 19.1 Å². The molecule has 202 valence electrons. The third kappa shape index (κ3) is 4.50. The highest BCUT2D eigenvalue weighted by atomic mass is 19.1. The summed E-state index contributed by atoms with van der Waals surface area (Å²) >= 11 is 0. The van der Waals surface area contributed by atoms with Crippen LogP contribution in [0.3, 0.4) is 0 Å².